The number of aryl methyl sites for hydroxylation is 2. The fourth-order valence-electron chi connectivity index (χ4n) is 8.72. The Bertz CT molecular complexity index is 2610. The van der Waals surface area contributed by atoms with E-state index >= 15 is 0 Å². The molecule has 0 N–H and O–H groups in total. The molecule has 0 amide bonds. The van der Waals surface area contributed by atoms with Gasteiger partial charge in [-0.25, -0.2) is 0 Å². The summed E-state index contributed by atoms with van der Waals surface area (Å²) in [5.74, 6) is 1.86. The number of ether oxygens (including phenoxy) is 1. The summed E-state index contributed by atoms with van der Waals surface area (Å²) in [4.78, 5) is 0. The molecule has 3 aliphatic heterocycles. The standard InChI is InChI=1S/C39H25N3O/c1-22-9-7-10-23(2)33(22)30-21-41-38-34-26(27-17-16-24-11-3-4-12-25(24)37(27)42(30)38)18-19-32-36(34)39(41)35-28(13-8-15-31(35)43-32)29-14-5-6-20-40(29)39/h3-21H,1-2H3/q+2. The van der Waals surface area contributed by atoms with Gasteiger partial charge < -0.3 is 4.74 Å². The summed E-state index contributed by atoms with van der Waals surface area (Å²) in [5, 5.41) is 6.29. The lowest BCUT2D eigenvalue weighted by Gasteiger charge is -2.27. The second-order valence-corrected chi connectivity index (χ2v) is 12.3. The Kier molecular flexibility index (Phi) is 3.66. The van der Waals surface area contributed by atoms with Crippen LogP contribution >= 0.6 is 0 Å². The molecule has 0 aliphatic carbocycles. The van der Waals surface area contributed by atoms with E-state index in [0.29, 0.717) is 0 Å². The first-order valence-corrected chi connectivity index (χ1v) is 15.0. The first-order chi connectivity index (χ1) is 21.2. The van der Waals surface area contributed by atoms with Crippen molar-refractivity contribution < 1.29 is 13.9 Å². The van der Waals surface area contributed by atoms with Gasteiger partial charge in [0.15, 0.2) is 11.9 Å². The van der Waals surface area contributed by atoms with Gasteiger partial charge >= 0.3 is 11.3 Å². The van der Waals surface area contributed by atoms with Crippen molar-refractivity contribution in [2.24, 2.45) is 0 Å². The van der Waals surface area contributed by atoms with Crippen molar-refractivity contribution in [3.63, 3.8) is 0 Å². The van der Waals surface area contributed by atoms with Crippen LogP contribution in [0.25, 0.3) is 60.6 Å². The third-order valence-corrected chi connectivity index (χ3v) is 10.3. The maximum Gasteiger partial charge on any atom is 0.371 e. The Hall–Kier alpha value is -5.48. The van der Waals surface area contributed by atoms with Crippen LogP contribution in [0.1, 0.15) is 22.3 Å². The summed E-state index contributed by atoms with van der Waals surface area (Å²) in [6, 6.07) is 37.6. The van der Waals surface area contributed by atoms with Gasteiger partial charge in [-0.05, 0) is 66.8 Å². The summed E-state index contributed by atoms with van der Waals surface area (Å²) < 4.78 is 14.4. The molecule has 6 heterocycles. The minimum absolute atomic E-state index is 0.592. The molecule has 5 aromatic carbocycles. The van der Waals surface area contributed by atoms with Gasteiger partial charge in [-0.1, -0.05) is 54.6 Å². The van der Waals surface area contributed by atoms with E-state index in [1.165, 1.54) is 82.9 Å². The van der Waals surface area contributed by atoms with E-state index in [9.17, 15) is 0 Å². The maximum absolute atomic E-state index is 6.78. The van der Waals surface area contributed by atoms with Gasteiger partial charge in [-0.15, -0.1) is 4.57 Å². The highest BCUT2D eigenvalue weighted by Gasteiger charge is 2.68. The van der Waals surface area contributed by atoms with E-state index in [1.54, 1.807) is 0 Å². The molecular formula is C39H25N3O+2. The van der Waals surface area contributed by atoms with Crippen LogP contribution in [0.2, 0.25) is 0 Å². The lowest BCUT2D eigenvalue weighted by Crippen LogP contribution is -2.71. The van der Waals surface area contributed by atoms with Gasteiger partial charge in [-0.3, -0.25) is 0 Å². The van der Waals surface area contributed by atoms with Gasteiger partial charge in [0.2, 0.25) is 5.69 Å². The zero-order valence-electron chi connectivity index (χ0n) is 23.7. The number of hydrogen-bond acceptors (Lipinski definition) is 1. The van der Waals surface area contributed by atoms with Crippen LogP contribution in [0.15, 0.2) is 116 Å². The summed E-state index contributed by atoms with van der Waals surface area (Å²) in [7, 11) is 0. The first-order valence-electron chi connectivity index (χ1n) is 15.0. The lowest BCUT2D eigenvalue weighted by molar-refractivity contribution is -0.950. The van der Waals surface area contributed by atoms with E-state index in [2.05, 4.69) is 143 Å². The average Bonchev–Trinajstić information content (AvgIpc) is 3.67. The molecule has 0 fully saturated rings. The molecule has 4 heteroatoms. The molecule has 0 saturated heterocycles. The Labute approximate surface area is 247 Å². The van der Waals surface area contributed by atoms with Crippen molar-refractivity contribution in [3.05, 3.63) is 138 Å². The van der Waals surface area contributed by atoms with E-state index in [1.807, 2.05) is 0 Å². The van der Waals surface area contributed by atoms with Crippen molar-refractivity contribution in [1.82, 2.24) is 4.40 Å². The fraction of sp³-hybridized carbons (Fsp3) is 0.0769. The lowest BCUT2D eigenvalue weighted by atomic mass is 9.85. The number of imidazole rings is 1. The highest BCUT2D eigenvalue weighted by Crippen LogP contribution is 2.58. The van der Waals surface area contributed by atoms with Crippen LogP contribution < -0.4 is 13.9 Å². The number of aromatic nitrogens is 3. The second kappa shape index (κ2) is 7.11. The number of rotatable bonds is 1. The molecular weight excluding hydrogens is 526 g/mol. The summed E-state index contributed by atoms with van der Waals surface area (Å²) in [6.45, 7) is 4.48. The van der Waals surface area contributed by atoms with Crippen molar-refractivity contribution in [1.29, 1.82) is 0 Å². The third kappa shape index (κ3) is 2.27. The highest BCUT2D eigenvalue weighted by atomic mass is 16.5. The highest BCUT2D eigenvalue weighted by molar-refractivity contribution is 6.21. The monoisotopic (exact) mass is 551 g/mol. The van der Waals surface area contributed by atoms with E-state index in [4.69, 9.17) is 4.74 Å². The number of benzene rings is 5. The van der Waals surface area contributed by atoms with Crippen LogP contribution in [-0.4, -0.2) is 4.40 Å². The molecule has 1 unspecified atom stereocenters. The first kappa shape index (κ1) is 22.2. The van der Waals surface area contributed by atoms with Crippen LogP contribution in [0, 0.1) is 13.8 Å². The number of fused-ring (bicyclic) bond motifs is 7. The summed E-state index contributed by atoms with van der Waals surface area (Å²) >= 11 is 0. The number of pyridine rings is 2. The summed E-state index contributed by atoms with van der Waals surface area (Å²) in [5.41, 5.74) is 11.8. The Balaban J connectivity index is 1.49. The van der Waals surface area contributed by atoms with Crippen LogP contribution in [0.5, 0.6) is 11.5 Å². The number of nitrogens with zero attached hydrogens (tertiary/aromatic N) is 3. The van der Waals surface area contributed by atoms with Crippen molar-refractivity contribution in [2.45, 2.75) is 19.5 Å². The minimum atomic E-state index is -0.592. The fourth-order valence-corrected chi connectivity index (χ4v) is 8.72. The molecule has 0 radical (unpaired) electrons. The van der Waals surface area contributed by atoms with Crippen LogP contribution in [0.3, 0.4) is 0 Å². The third-order valence-electron chi connectivity index (χ3n) is 10.3. The van der Waals surface area contributed by atoms with Gasteiger partial charge in [0.05, 0.1) is 10.9 Å². The topological polar surface area (TPSA) is 21.4 Å². The van der Waals surface area contributed by atoms with Gasteiger partial charge in [0.1, 0.15) is 34.3 Å². The molecule has 3 aromatic heterocycles. The number of hydrogen-bond donors (Lipinski definition) is 0. The maximum atomic E-state index is 6.78. The second-order valence-electron chi connectivity index (χ2n) is 12.3. The van der Waals surface area contributed by atoms with Crippen molar-refractivity contribution in [3.8, 4) is 34.0 Å². The zero-order valence-corrected chi connectivity index (χ0v) is 23.7. The predicted octanol–water partition coefficient (Wildman–Crippen LogP) is 7.95. The quantitative estimate of drug-likeness (QED) is 0.150. The molecule has 8 aromatic rings. The Morgan fingerprint density at radius 1 is 0.651 bits per heavy atom. The molecule has 11 rings (SSSR count). The smallest absolute Gasteiger partial charge is 0.371 e. The van der Waals surface area contributed by atoms with E-state index in [-0.39, 0.29) is 0 Å². The molecule has 4 nitrogen and oxygen atoms in total. The van der Waals surface area contributed by atoms with Crippen molar-refractivity contribution >= 4 is 38.1 Å². The molecule has 3 aliphatic rings. The molecule has 200 valence electrons. The predicted molar refractivity (Wildman–Crippen MR) is 169 cm³/mol. The van der Waals surface area contributed by atoms with Gasteiger partial charge in [0.25, 0.3) is 0 Å². The minimum Gasteiger partial charge on any atom is -0.456 e. The average molecular weight is 552 g/mol. The largest absolute Gasteiger partial charge is 0.456 e. The zero-order chi connectivity index (χ0) is 28.2. The Morgan fingerprint density at radius 3 is 2.35 bits per heavy atom. The van der Waals surface area contributed by atoms with E-state index < -0.39 is 5.66 Å². The molecule has 0 bridgehead atoms. The van der Waals surface area contributed by atoms with Crippen LogP contribution in [0.4, 0.5) is 0 Å². The van der Waals surface area contributed by atoms with E-state index in [0.717, 1.165) is 11.5 Å². The van der Waals surface area contributed by atoms with Gasteiger partial charge in [0, 0.05) is 33.9 Å². The Morgan fingerprint density at radius 2 is 1.44 bits per heavy atom. The van der Waals surface area contributed by atoms with Gasteiger partial charge in [-0.2, -0.15) is 8.97 Å². The normalized spacial score (nSPS) is 16.9. The molecule has 43 heavy (non-hydrogen) atoms. The van der Waals surface area contributed by atoms with Crippen LogP contribution in [-0.2, 0) is 5.66 Å². The van der Waals surface area contributed by atoms with Crippen molar-refractivity contribution in [2.75, 3.05) is 0 Å². The SMILES string of the molecule is Cc1cccc(C)c1-c1c[n+]2c3c4c5c(ccc4c4ccc6ccccc6c4n13)Oc1cccc3c1C52[n+]1ccccc1-3. The molecule has 1 spiro atoms. The summed E-state index contributed by atoms with van der Waals surface area (Å²) in [6.07, 6.45) is 4.68. The molecule has 0 saturated carbocycles. The molecule has 1 atom stereocenters.